The molecule has 0 fully saturated rings. The summed E-state index contributed by atoms with van der Waals surface area (Å²) in [6.45, 7) is 2.27. The van der Waals surface area contributed by atoms with Gasteiger partial charge >= 0.3 is 0 Å². The van der Waals surface area contributed by atoms with E-state index < -0.39 is 0 Å². The minimum Gasteiger partial charge on any atom is -0.475 e. The largest absolute Gasteiger partial charge is 0.475 e. The van der Waals surface area contributed by atoms with Crippen LogP contribution in [0.1, 0.15) is 0 Å². The summed E-state index contributed by atoms with van der Waals surface area (Å²) in [7, 11) is 0. The van der Waals surface area contributed by atoms with Crippen molar-refractivity contribution in [3.05, 3.63) is 73.1 Å². The van der Waals surface area contributed by atoms with Crippen LogP contribution in [-0.4, -0.2) is 39.2 Å². The van der Waals surface area contributed by atoms with E-state index in [0.717, 1.165) is 41.2 Å². The number of imidazole rings is 1. The number of allylic oxidation sites excluding steroid dienone is 2. The first kappa shape index (κ1) is 15.7. The standard InChI is InChI=1S/C21H18N4O2/c1-4-10-24(11-5-1)12-13-26-21-9-8-20-22-15-17(25(20)23-21)19-14-16-6-2-3-7-18(16)27-19/h1-10,14-15H,11-13H2. The minimum absolute atomic E-state index is 0.561. The van der Waals surface area contributed by atoms with Crippen molar-refractivity contribution in [3.63, 3.8) is 0 Å². The number of benzene rings is 1. The lowest BCUT2D eigenvalue weighted by Gasteiger charge is -2.20. The zero-order valence-electron chi connectivity index (χ0n) is 14.7. The summed E-state index contributed by atoms with van der Waals surface area (Å²) in [5.41, 5.74) is 2.40. The second-order valence-corrected chi connectivity index (χ2v) is 6.35. The smallest absolute Gasteiger partial charge is 0.231 e. The van der Waals surface area contributed by atoms with Gasteiger partial charge in [0.1, 0.15) is 17.9 Å². The third-order valence-electron chi connectivity index (χ3n) is 4.53. The molecule has 0 saturated carbocycles. The Morgan fingerprint density at radius 1 is 1.11 bits per heavy atom. The molecule has 5 rings (SSSR count). The molecule has 0 amide bonds. The van der Waals surface area contributed by atoms with E-state index in [1.54, 1.807) is 10.7 Å². The van der Waals surface area contributed by atoms with Gasteiger partial charge in [-0.25, -0.2) is 9.50 Å². The third kappa shape index (κ3) is 3.06. The Morgan fingerprint density at radius 3 is 2.96 bits per heavy atom. The number of para-hydroxylation sites is 1. The van der Waals surface area contributed by atoms with Crippen LogP contribution < -0.4 is 4.74 Å². The Kier molecular flexibility index (Phi) is 3.86. The van der Waals surface area contributed by atoms with Crippen LogP contribution in [0.3, 0.4) is 0 Å². The van der Waals surface area contributed by atoms with Crippen molar-refractivity contribution in [3.8, 4) is 17.3 Å². The first-order chi connectivity index (χ1) is 13.4. The Labute approximate surface area is 156 Å². The van der Waals surface area contributed by atoms with Gasteiger partial charge in [-0.3, -0.25) is 0 Å². The molecule has 134 valence electrons. The summed E-state index contributed by atoms with van der Waals surface area (Å²) in [5.74, 6) is 1.30. The first-order valence-corrected chi connectivity index (χ1v) is 8.91. The lowest BCUT2D eigenvalue weighted by atomic mass is 10.2. The summed E-state index contributed by atoms with van der Waals surface area (Å²) in [5, 5.41) is 5.64. The normalized spacial score (nSPS) is 13.7. The molecule has 27 heavy (non-hydrogen) atoms. The maximum absolute atomic E-state index is 5.96. The molecule has 0 spiro atoms. The molecule has 3 aromatic heterocycles. The number of ether oxygens (including phenoxy) is 1. The maximum Gasteiger partial charge on any atom is 0.231 e. The first-order valence-electron chi connectivity index (χ1n) is 8.91. The van der Waals surface area contributed by atoms with Gasteiger partial charge in [0.15, 0.2) is 11.4 Å². The van der Waals surface area contributed by atoms with Crippen LogP contribution in [0.2, 0.25) is 0 Å². The van der Waals surface area contributed by atoms with Gasteiger partial charge in [0, 0.05) is 18.0 Å². The van der Waals surface area contributed by atoms with Gasteiger partial charge in [-0.1, -0.05) is 30.4 Å². The molecule has 0 unspecified atom stereocenters. The second-order valence-electron chi connectivity index (χ2n) is 6.35. The highest BCUT2D eigenvalue weighted by atomic mass is 16.5. The maximum atomic E-state index is 5.96. The summed E-state index contributed by atoms with van der Waals surface area (Å²) in [6.07, 6.45) is 10.0. The van der Waals surface area contributed by atoms with Crippen molar-refractivity contribution >= 4 is 16.6 Å². The summed E-state index contributed by atoms with van der Waals surface area (Å²) in [6, 6.07) is 13.7. The molecule has 1 aromatic carbocycles. The van der Waals surface area contributed by atoms with E-state index in [1.165, 1.54) is 0 Å². The number of hydrogen-bond donors (Lipinski definition) is 0. The van der Waals surface area contributed by atoms with E-state index in [-0.39, 0.29) is 0 Å². The topological polar surface area (TPSA) is 55.8 Å². The van der Waals surface area contributed by atoms with Crippen molar-refractivity contribution in [2.24, 2.45) is 0 Å². The highest BCUT2D eigenvalue weighted by molar-refractivity contribution is 5.82. The van der Waals surface area contributed by atoms with Crippen LogP contribution in [0, 0.1) is 0 Å². The van der Waals surface area contributed by atoms with E-state index in [9.17, 15) is 0 Å². The van der Waals surface area contributed by atoms with Crippen LogP contribution in [0.15, 0.2) is 77.5 Å². The summed E-state index contributed by atoms with van der Waals surface area (Å²) in [4.78, 5) is 6.61. The SMILES string of the molecule is C1=CCN(CCOc2ccc3ncc(-c4cc5ccccc5o4)n3n2)C=C1. The van der Waals surface area contributed by atoms with Gasteiger partial charge in [0.2, 0.25) is 5.88 Å². The molecule has 0 saturated heterocycles. The fraction of sp³-hybridized carbons (Fsp3) is 0.143. The van der Waals surface area contributed by atoms with E-state index in [2.05, 4.69) is 27.3 Å². The van der Waals surface area contributed by atoms with Crippen molar-refractivity contribution < 1.29 is 9.15 Å². The van der Waals surface area contributed by atoms with Crippen molar-refractivity contribution in [2.45, 2.75) is 0 Å². The fourth-order valence-corrected chi connectivity index (χ4v) is 3.15. The summed E-state index contributed by atoms with van der Waals surface area (Å²) < 4.78 is 13.6. The zero-order valence-corrected chi connectivity index (χ0v) is 14.7. The molecule has 4 heterocycles. The number of rotatable bonds is 5. The van der Waals surface area contributed by atoms with Crippen molar-refractivity contribution in [1.29, 1.82) is 0 Å². The molecule has 6 heteroatoms. The Hall–Kier alpha value is -3.54. The van der Waals surface area contributed by atoms with Gasteiger partial charge in [0.05, 0.1) is 12.7 Å². The molecule has 1 aliphatic heterocycles. The quantitative estimate of drug-likeness (QED) is 0.541. The highest BCUT2D eigenvalue weighted by Crippen LogP contribution is 2.28. The Balaban J connectivity index is 1.39. The molecule has 0 bridgehead atoms. The highest BCUT2D eigenvalue weighted by Gasteiger charge is 2.13. The third-order valence-corrected chi connectivity index (χ3v) is 4.53. The molecule has 1 aliphatic rings. The fourth-order valence-electron chi connectivity index (χ4n) is 3.15. The van der Waals surface area contributed by atoms with E-state index in [0.29, 0.717) is 12.5 Å². The van der Waals surface area contributed by atoms with Crippen LogP contribution in [0.4, 0.5) is 0 Å². The predicted molar refractivity (Wildman–Crippen MR) is 104 cm³/mol. The van der Waals surface area contributed by atoms with Crippen LogP contribution in [0.5, 0.6) is 5.88 Å². The molecule has 6 nitrogen and oxygen atoms in total. The number of nitrogens with zero attached hydrogens (tertiary/aromatic N) is 4. The molecule has 0 aliphatic carbocycles. The Morgan fingerprint density at radius 2 is 2.07 bits per heavy atom. The van der Waals surface area contributed by atoms with Gasteiger partial charge in [0.25, 0.3) is 0 Å². The minimum atomic E-state index is 0.561. The van der Waals surface area contributed by atoms with Crippen molar-refractivity contribution in [1.82, 2.24) is 19.5 Å². The van der Waals surface area contributed by atoms with Crippen LogP contribution in [-0.2, 0) is 0 Å². The predicted octanol–water partition coefficient (Wildman–Crippen LogP) is 3.91. The van der Waals surface area contributed by atoms with Gasteiger partial charge in [-0.05, 0) is 30.5 Å². The van der Waals surface area contributed by atoms with Crippen LogP contribution >= 0.6 is 0 Å². The van der Waals surface area contributed by atoms with E-state index in [1.807, 2.05) is 54.6 Å². The van der Waals surface area contributed by atoms with Gasteiger partial charge in [-0.2, -0.15) is 0 Å². The van der Waals surface area contributed by atoms with E-state index in [4.69, 9.17) is 9.15 Å². The number of fused-ring (bicyclic) bond motifs is 2. The molecule has 0 N–H and O–H groups in total. The van der Waals surface area contributed by atoms with Gasteiger partial charge < -0.3 is 14.1 Å². The number of hydrogen-bond acceptors (Lipinski definition) is 5. The van der Waals surface area contributed by atoms with Crippen molar-refractivity contribution in [2.75, 3.05) is 19.7 Å². The lowest BCUT2D eigenvalue weighted by molar-refractivity contribution is 0.253. The van der Waals surface area contributed by atoms with E-state index >= 15 is 0 Å². The lowest BCUT2D eigenvalue weighted by Crippen LogP contribution is -2.24. The monoisotopic (exact) mass is 358 g/mol. The molecule has 0 atom stereocenters. The Bertz CT molecular complexity index is 1120. The van der Waals surface area contributed by atoms with Crippen LogP contribution in [0.25, 0.3) is 28.1 Å². The zero-order chi connectivity index (χ0) is 18.1. The summed E-state index contributed by atoms with van der Waals surface area (Å²) >= 11 is 0. The average Bonchev–Trinajstić information content (AvgIpc) is 3.32. The molecular formula is C21H18N4O2. The number of furan rings is 1. The molecular weight excluding hydrogens is 340 g/mol. The molecule has 4 aromatic rings. The molecule has 0 radical (unpaired) electrons. The average molecular weight is 358 g/mol. The second kappa shape index (κ2) is 6.64. The number of aromatic nitrogens is 3. The van der Waals surface area contributed by atoms with Gasteiger partial charge in [-0.15, -0.1) is 5.10 Å².